The molecule has 0 saturated heterocycles. The predicted octanol–water partition coefficient (Wildman–Crippen LogP) is 9.52. The molecule has 2 aromatic carbocycles. The molecule has 4 aliphatic rings. The molecule has 4 aliphatic carbocycles. The van der Waals surface area contributed by atoms with Crippen LogP contribution >= 0.6 is 0 Å². The number of guanidine groups is 2. The van der Waals surface area contributed by atoms with Crippen molar-refractivity contribution in [3.63, 3.8) is 0 Å². The third-order valence-corrected chi connectivity index (χ3v) is 10.1. The van der Waals surface area contributed by atoms with E-state index in [1.807, 2.05) is 24.3 Å². The van der Waals surface area contributed by atoms with Gasteiger partial charge in [0.15, 0.2) is 11.9 Å². The van der Waals surface area contributed by atoms with Gasteiger partial charge in [-0.15, -0.1) is 0 Å². The van der Waals surface area contributed by atoms with Gasteiger partial charge in [0, 0.05) is 23.5 Å². The molecule has 0 bridgehead atoms. The average molecular weight is 613 g/mol. The molecule has 244 valence electrons. The van der Waals surface area contributed by atoms with Crippen LogP contribution in [-0.2, 0) is 0 Å². The fraction of sp³-hybridized carbons (Fsp3) is 0.632. The van der Waals surface area contributed by atoms with Gasteiger partial charge in [-0.3, -0.25) is 0 Å². The molecular weight excluding hydrogens is 556 g/mol. The zero-order chi connectivity index (χ0) is 30.5. The van der Waals surface area contributed by atoms with Crippen molar-refractivity contribution in [3.05, 3.63) is 48.5 Å². The SMILES string of the molecule is c1cc(Oc2ccc(NC(=NC3CCCCC3)NC3CCCCC3)cc2)ccc1NC(=NC1CCCCC1)NC1CCCCC1. The van der Waals surface area contributed by atoms with Crippen LogP contribution < -0.4 is 26.0 Å². The number of benzene rings is 2. The van der Waals surface area contributed by atoms with Gasteiger partial charge >= 0.3 is 0 Å². The molecule has 7 heteroatoms. The van der Waals surface area contributed by atoms with Gasteiger partial charge in [-0.25, -0.2) is 9.98 Å². The van der Waals surface area contributed by atoms with E-state index in [0.29, 0.717) is 24.2 Å². The largest absolute Gasteiger partial charge is 0.457 e. The smallest absolute Gasteiger partial charge is 0.196 e. The average Bonchev–Trinajstić information content (AvgIpc) is 3.08. The minimum atomic E-state index is 0.426. The van der Waals surface area contributed by atoms with E-state index in [-0.39, 0.29) is 0 Å². The van der Waals surface area contributed by atoms with Crippen LogP contribution in [0.1, 0.15) is 128 Å². The highest BCUT2D eigenvalue weighted by molar-refractivity contribution is 5.94. The Morgan fingerprint density at radius 1 is 0.444 bits per heavy atom. The van der Waals surface area contributed by atoms with Crippen molar-refractivity contribution in [2.75, 3.05) is 10.6 Å². The third-order valence-electron chi connectivity index (χ3n) is 10.1. The molecular formula is C38H56N6O. The van der Waals surface area contributed by atoms with Crippen molar-refractivity contribution in [2.24, 2.45) is 9.98 Å². The maximum absolute atomic E-state index is 6.24. The molecule has 7 nitrogen and oxygen atoms in total. The lowest BCUT2D eigenvalue weighted by Crippen LogP contribution is -2.41. The van der Waals surface area contributed by atoms with Crippen molar-refractivity contribution in [2.45, 2.75) is 153 Å². The summed E-state index contributed by atoms with van der Waals surface area (Å²) in [5.74, 6) is 3.53. The molecule has 4 saturated carbocycles. The molecule has 4 N–H and O–H groups in total. The Bertz CT molecular complexity index is 1110. The van der Waals surface area contributed by atoms with Crippen LogP contribution in [0.15, 0.2) is 58.5 Å². The Kier molecular flexibility index (Phi) is 11.9. The zero-order valence-corrected chi connectivity index (χ0v) is 27.4. The second-order valence-electron chi connectivity index (χ2n) is 13.9. The lowest BCUT2D eigenvalue weighted by atomic mass is 9.95. The quantitative estimate of drug-likeness (QED) is 0.176. The fourth-order valence-corrected chi connectivity index (χ4v) is 7.50. The molecule has 0 amide bonds. The highest BCUT2D eigenvalue weighted by atomic mass is 16.5. The summed E-state index contributed by atoms with van der Waals surface area (Å²) in [5, 5.41) is 14.7. The van der Waals surface area contributed by atoms with Crippen LogP contribution in [-0.4, -0.2) is 36.1 Å². The minimum absolute atomic E-state index is 0.426. The Morgan fingerprint density at radius 2 is 0.778 bits per heavy atom. The lowest BCUT2D eigenvalue weighted by molar-refractivity contribution is 0.408. The highest BCUT2D eigenvalue weighted by Crippen LogP contribution is 2.27. The van der Waals surface area contributed by atoms with Gasteiger partial charge in [0.05, 0.1) is 12.1 Å². The highest BCUT2D eigenvalue weighted by Gasteiger charge is 2.19. The van der Waals surface area contributed by atoms with E-state index in [1.54, 1.807) is 0 Å². The van der Waals surface area contributed by atoms with Gasteiger partial charge in [0.25, 0.3) is 0 Å². The van der Waals surface area contributed by atoms with Crippen molar-refractivity contribution in [1.29, 1.82) is 0 Å². The van der Waals surface area contributed by atoms with Crippen molar-refractivity contribution in [3.8, 4) is 11.5 Å². The van der Waals surface area contributed by atoms with Crippen LogP contribution in [0.2, 0.25) is 0 Å². The molecule has 0 aliphatic heterocycles. The summed E-state index contributed by atoms with van der Waals surface area (Å²) in [6.45, 7) is 0. The number of nitrogens with zero attached hydrogens (tertiary/aromatic N) is 2. The molecule has 0 heterocycles. The first-order chi connectivity index (χ1) is 22.2. The number of hydrogen-bond donors (Lipinski definition) is 4. The second-order valence-corrected chi connectivity index (χ2v) is 13.9. The summed E-state index contributed by atoms with van der Waals surface area (Å²) >= 11 is 0. The maximum Gasteiger partial charge on any atom is 0.196 e. The van der Waals surface area contributed by atoms with E-state index < -0.39 is 0 Å². The molecule has 0 unspecified atom stereocenters. The number of nitrogens with one attached hydrogen (secondary N) is 4. The summed E-state index contributed by atoms with van der Waals surface area (Å²) in [6.07, 6.45) is 25.5. The van der Waals surface area contributed by atoms with Crippen molar-refractivity contribution < 1.29 is 4.74 Å². The molecule has 6 rings (SSSR count). The molecule has 0 aromatic heterocycles. The first kappa shape index (κ1) is 31.7. The third kappa shape index (κ3) is 10.4. The summed E-state index contributed by atoms with van der Waals surface area (Å²) in [7, 11) is 0. The molecule has 4 fully saturated rings. The fourth-order valence-electron chi connectivity index (χ4n) is 7.50. The summed E-state index contributed by atoms with van der Waals surface area (Å²) in [6, 6.07) is 18.4. The molecule has 0 spiro atoms. The molecule has 0 radical (unpaired) electrons. The number of hydrogen-bond acceptors (Lipinski definition) is 3. The van der Waals surface area contributed by atoms with Crippen LogP contribution in [0, 0.1) is 0 Å². The molecule has 45 heavy (non-hydrogen) atoms. The summed E-state index contributed by atoms with van der Waals surface area (Å²) in [5.41, 5.74) is 2.07. The molecule has 0 atom stereocenters. The monoisotopic (exact) mass is 612 g/mol. The second kappa shape index (κ2) is 16.9. The van der Waals surface area contributed by atoms with E-state index in [1.165, 1.54) is 128 Å². The standard InChI is InChI=1S/C38H56N6O/c1-5-13-29(14-6-1)39-37(40-30-15-7-2-8-16-30)43-33-21-25-35(26-22-33)45-36-27-23-34(24-28-36)44-38(41-31-17-9-3-10-18-31)42-32-19-11-4-12-20-32/h21-32H,1-20H2,(H2,39,40,43)(H2,41,42,44). The predicted molar refractivity (Wildman–Crippen MR) is 189 cm³/mol. The van der Waals surface area contributed by atoms with E-state index >= 15 is 0 Å². The van der Waals surface area contributed by atoms with Gasteiger partial charge in [0.1, 0.15) is 11.5 Å². The minimum Gasteiger partial charge on any atom is -0.457 e. The van der Waals surface area contributed by atoms with Crippen molar-refractivity contribution in [1.82, 2.24) is 10.6 Å². The summed E-state index contributed by atoms with van der Waals surface area (Å²) < 4.78 is 6.24. The van der Waals surface area contributed by atoms with E-state index in [9.17, 15) is 0 Å². The Balaban J connectivity index is 1.05. The number of rotatable bonds is 8. The van der Waals surface area contributed by atoms with Crippen LogP contribution in [0.4, 0.5) is 11.4 Å². The number of aliphatic imine (C=N–C) groups is 2. The number of ether oxygens (including phenoxy) is 1. The van der Waals surface area contributed by atoms with E-state index in [0.717, 1.165) is 34.8 Å². The van der Waals surface area contributed by atoms with Gasteiger partial charge in [-0.05, 0) is 99.9 Å². The Labute approximate surface area is 271 Å². The first-order valence-electron chi connectivity index (χ1n) is 18.4. The lowest BCUT2D eigenvalue weighted by Gasteiger charge is -2.27. The normalized spacial score (nSPS) is 21.7. The maximum atomic E-state index is 6.24. The first-order valence-corrected chi connectivity index (χ1v) is 18.4. The van der Waals surface area contributed by atoms with Gasteiger partial charge in [-0.1, -0.05) is 77.0 Å². The van der Waals surface area contributed by atoms with Crippen molar-refractivity contribution >= 4 is 23.3 Å². The van der Waals surface area contributed by atoms with Gasteiger partial charge in [0.2, 0.25) is 0 Å². The van der Waals surface area contributed by atoms with Crippen LogP contribution in [0.25, 0.3) is 0 Å². The Morgan fingerprint density at radius 3 is 1.13 bits per heavy atom. The van der Waals surface area contributed by atoms with Crippen LogP contribution in [0.5, 0.6) is 11.5 Å². The zero-order valence-electron chi connectivity index (χ0n) is 27.4. The summed E-state index contributed by atoms with van der Waals surface area (Å²) in [4.78, 5) is 10.3. The van der Waals surface area contributed by atoms with E-state index in [2.05, 4.69) is 45.5 Å². The topological polar surface area (TPSA) is 82.1 Å². The Hall–Kier alpha value is -3.22. The van der Waals surface area contributed by atoms with E-state index in [4.69, 9.17) is 14.7 Å². The molecule has 2 aromatic rings. The van der Waals surface area contributed by atoms with Gasteiger partial charge in [-0.2, -0.15) is 0 Å². The van der Waals surface area contributed by atoms with Gasteiger partial charge < -0.3 is 26.0 Å². The number of anilines is 2. The van der Waals surface area contributed by atoms with Crippen LogP contribution in [0.3, 0.4) is 0 Å².